The number of para-hydroxylation sites is 1. The quantitative estimate of drug-likeness (QED) is 0.316. The molecular formula is C26H16ClF3N4O. The molecule has 0 saturated carbocycles. The number of nitrogens with one attached hydrogen (secondary N) is 1. The Morgan fingerprint density at radius 2 is 1.66 bits per heavy atom. The number of hydrogen-bond donors (Lipinski definition) is 1. The van der Waals surface area contributed by atoms with Crippen molar-refractivity contribution in [3.05, 3.63) is 113 Å². The molecule has 0 aliphatic heterocycles. The molecule has 5 nitrogen and oxygen atoms in total. The normalized spacial score (nSPS) is 12.6. The maximum absolute atomic E-state index is 13.9. The summed E-state index contributed by atoms with van der Waals surface area (Å²) in [6.07, 6.45) is -0.416. The number of carbonyl (C=O) groups excluding carboxylic acids is 1. The number of aromatic nitrogens is 3. The van der Waals surface area contributed by atoms with E-state index in [1.165, 1.54) is 18.5 Å². The van der Waals surface area contributed by atoms with Gasteiger partial charge in [0.25, 0.3) is 5.91 Å². The number of carbonyl (C=O) groups is 1. The first-order valence-corrected chi connectivity index (χ1v) is 10.9. The summed E-state index contributed by atoms with van der Waals surface area (Å²) in [5.74, 6) is -0.576. The fourth-order valence-corrected chi connectivity index (χ4v) is 4.15. The lowest BCUT2D eigenvalue weighted by Gasteiger charge is -2.22. The summed E-state index contributed by atoms with van der Waals surface area (Å²) < 4.78 is 41.6. The second kappa shape index (κ2) is 8.96. The molecule has 5 rings (SSSR count). The molecule has 3 heterocycles. The third-order valence-electron chi connectivity index (χ3n) is 5.58. The Morgan fingerprint density at radius 3 is 2.49 bits per heavy atom. The van der Waals surface area contributed by atoms with E-state index in [1.54, 1.807) is 54.7 Å². The number of fused-ring (bicyclic) bond motifs is 2. The van der Waals surface area contributed by atoms with E-state index in [0.717, 1.165) is 11.5 Å². The fraction of sp³-hybridized carbons (Fsp3) is 0.0769. The third-order valence-corrected chi connectivity index (χ3v) is 5.88. The highest BCUT2D eigenvalue weighted by atomic mass is 35.5. The Balaban J connectivity index is 1.62. The molecule has 1 amide bonds. The number of alkyl halides is 3. The molecule has 3 aromatic heterocycles. The third kappa shape index (κ3) is 4.52. The maximum Gasteiger partial charge on any atom is 0.418 e. The summed E-state index contributed by atoms with van der Waals surface area (Å²) in [6, 6.07) is 16.2. The van der Waals surface area contributed by atoms with Crippen molar-refractivity contribution in [2.45, 2.75) is 12.2 Å². The minimum absolute atomic E-state index is 0.252. The molecular weight excluding hydrogens is 477 g/mol. The molecule has 0 saturated heterocycles. The van der Waals surface area contributed by atoms with Gasteiger partial charge in [-0.15, -0.1) is 0 Å². The molecule has 1 atom stereocenters. The van der Waals surface area contributed by atoms with Gasteiger partial charge in [0, 0.05) is 34.9 Å². The van der Waals surface area contributed by atoms with Crippen molar-refractivity contribution >= 4 is 39.3 Å². The van der Waals surface area contributed by atoms with Gasteiger partial charge in [-0.05, 0) is 48.0 Å². The lowest BCUT2D eigenvalue weighted by Crippen LogP contribution is -2.31. The smallest absolute Gasteiger partial charge is 0.339 e. The average molecular weight is 493 g/mol. The summed E-state index contributed by atoms with van der Waals surface area (Å²) in [4.78, 5) is 25.8. The van der Waals surface area contributed by atoms with Crippen molar-refractivity contribution in [3.63, 3.8) is 0 Å². The number of benzene rings is 2. The highest BCUT2D eigenvalue weighted by Gasteiger charge is 2.37. The monoisotopic (exact) mass is 492 g/mol. The minimum Gasteiger partial charge on any atom is -0.339 e. The maximum atomic E-state index is 13.9. The van der Waals surface area contributed by atoms with Crippen molar-refractivity contribution in [2.24, 2.45) is 0 Å². The van der Waals surface area contributed by atoms with Gasteiger partial charge in [0.15, 0.2) is 0 Å². The first-order chi connectivity index (χ1) is 16.8. The summed E-state index contributed by atoms with van der Waals surface area (Å²) >= 11 is 6.20. The molecule has 0 bridgehead atoms. The van der Waals surface area contributed by atoms with Crippen molar-refractivity contribution in [1.29, 1.82) is 0 Å². The van der Waals surface area contributed by atoms with Crippen LogP contribution in [0.1, 0.15) is 33.2 Å². The van der Waals surface area contributed by atoms with Gasteiger partial charge in [0.05, 0.1) is 33.4 Å². The topological polar surface area (TPSA) is 67.8 Å². The summed E-state index contributed by atoms with van der Waals surface area (Å²) in [5, 5.41) is 4.58. The van der Waals surface area contributed by atoms with Crippen molar-refractivity contribution in [1.82, 2.24) is 20.3 Å². The number of pyridine rings is 3. The molecule has 0 radical (unpaired) electrons. The van der Waals surface area contributed by atoms with Gasteiger partial charge in [-0.25, -0.2) is 0 Å². The molecule has 5 aromatic rings. The summed E-state index contributed by atoms with van der Waals surface area (Å²) in [5.41, 5.74) is 0.388. The van der Waals surface area contributed by atoms with E-state index in [-0.39, 0.29) is 11.3 Å². The lowest BCUT2D eigenvalue weighted by atomic mass is 9.98. The summed E-state index contributed by atoms with van der Waals surface area (Å²) in [7, 11) is 0. The Bertz CT molecular complexity index is 1570. The molecule has 0 fully saturated rings. The van der Waals surface area contributed by atoms with E-state index in [1.807, 2.05) is 6.07 Å². The predicted octanol–water partition coefficient (Wildman–Crippen LogP) is 6.37. The Hall–Kier alpha value is -4.04. The molecule has 0 unspecified atom stereocenters. The number of rotatable bonds is 4. The number of nitrogens with zero attached hydrogens (tertiary/aromatic N) is 3. The molecule has 2 aromatic carbocycles. The molecule has 9 heteroatoms. The average Bonchev–Trinajstić information content (AvgIpc) is 2.86. The van der Waals surface area contributed by atoms with E-state index in [4.69, 9.17) is 11.6 Å². The molecule has 0 aliphatic rings. The van der Waals surface area contributed by atoms with Crippen molar-refractivity contribution in [3.8, 4) is 0 Å². The second-order valence-electron chi connectivity index (χ2n) is 7.83. The first kappa shape index (κ1) is 22.7. The Kier molecular flexibility index (Phi) is 5.82. The van der Waals surface area contributed by atoms with Crippen molar-refractivity contribution < 1.29 is 18.0 Å². The van der Waals surface area contributed by atoms with Crippen molar-refractivity contribution in [2.75, 3.05) is 0 Å². The van der Waals surface area contributed by atoms with Crippen LogP contribution in [0, 0.1) is 0 Å². The molecule has 1 N–H and O–H groups in total. The van der Waals surface area contributed by atoms with Crippen LogP contribution in [0.5, 0.6) is 0 Å². The summed E-state index contributed by atoms with van der Waals surface area (Å²) in [6.45, 7) is 0. The van der Waals surface area contributed by atoms with Crippen LogP contribution in [0.3, 0.4) is 0 Å². The van der Waals surface area contributed by atoms with Gasteiger partial charge in [-0.1, -0.05) is 35.9 Å². The van der Waals surface area contributed by atoms with Crippen LogP contribution in [0.25, 0.3) is 21.8 Å². The van der Waals surface area contributed by atoms with E-state index in [2.05, 4.69) is 20.3 Å². The predicted molar refractivity (Wildman–Crippen MR) is 127 cm³/mol. The largest absolute Gasteiger partial charge is 0.418 e. The SMILES string of the molecule is O=C(N[C@@H](c1cnc2c(Cl)cccc2c1)c1ncccc1C(F)(F)F)c1ccc2cccnc2c1. The van der Waals surface area contributed by atoms with Gasteiger partial charge in [-0.2, -0.15) is 13.2 Å². The zero-order valence-electron chi connectivity index (χ0n) is 17.9. The van der Waals surface area contributed by atoms with E-state index in [9.17, 15) is 18.0 Å². The van der Waals surface area contributed by atoms with Gasteiger partial charge in [-0.3, -0.25) is 19.7 Å². The molecule has 174 valence electrons. The second-order valence-corrected chi connectivity index (χ2v) is 8.24. The van der Waals surface area contributed by atoms with Crippen LogP contribution >= 0.6 is 11.6 Å². The number of halogens is 4. The Labute approximate surface area is 202 Å². The fourth-order valence-electron chi connectivity index (χ4n) is 3.92. The Morgan fingerprint density at radius 1 is 0.886 bits per heavy atom. The van der Waals surface area contributed by atoms with E-state index in [0.29, 0.717) is 27.0 Å². The van der Waals surface area contributed by atoms with Crippen LogP contribution in [0.2, 0.25) is 5.02 Å². The first-order valence-electron chi connectivity index (χ1n) is 10.5. The van der Waals surface area contributed by atoms with E-state index >= 15 is 0 Å². The molecule has 0 aliphatic carbocycles. The molecule has 35 heavy (non-hydrogen) atoms. The van der Waals surface area contributed by atoms with Crippen LogP contribution < -0.4 is 5.32 Å². The van der Waals surface area contributed by atoms with Crippen LogP contribution in [-0.2, 0) is 6.18 Å². The van der Waals surface area contributed by atoms with Crippen LogP contribution in [-0.4, -0.2) is 20.9 Å². The van der Waals surface area contributed by atoms with Gasteiger partial charge in [0.1, 0.15) is 0 Å². The van der Waals surface area contributed by atoms with Gasteiger partial charge >= 0.3 is 6.18 Å². The van der Waals surface area contributed by atoms with Crippen LogP contribution in [0.4, 0.5) is 13.2 Å². The standard InChI is InChI=1S/C26H16ClF3N4O/c27-20-7-1-4-16-12-18(14-33-22(16)20)23(24-19(26(28,29)30)6-3-11-32-24)34-25(35)17-9-8-15-5-2-10-31-21(15)13-17/h1-14,23H,(H,34,35)/t23-/m0/s1. The minimum atomic E-state index is -4.67. The number of amides is 1. The number of hydrogen-bond acceptors (Lipinski definition) is 4. The van der Waals surface area contributed by atoms with Gasteiger partial charge < -0.3 is 5.32 Å². The molecule has 0 spiro atoms. The van der Waals surface area contributed by atoms with Crippen LogP contribution in [0.15, 0.2) is 85.3 Å². The zero-order chi connectivity index (χ0) is 24.6. The highest BCUT2D eigenvalue weighted by Crippen LogP contribution is 2.36. The zero-order valence-corrected chi connectivity index (χ0v) is 18.7. The van der Waals surface area contributed by atoms with Gasteiger partial charge in [0.2, 0.25) is 0 Å². The van der Waals surface area contributed by atoms with E-state index < -0.39 is 23.7 Å². The highest BCUT2D eigenvalue weighted by molar-refractivity contribution is 6.35. The lowest BCUT2D eigenvalue weighted by molar-refractivity contribution is -0.138.